The zero-order valence-corrected chi connectivity index (χ0v) is 8.83. The number of hydrogen-bond acceptors (Lipinski definition) is 1. The molecule has 0 aliphatic carbocycles. The normalized spacial score (nSPS) is 10.1. The summed E-state index contributed by atoms with van der Waals surface area (Å²) in [4.78, 5) is 0. The number of rotatable bonds is 6. The average Bonchev–Trinajstić information content (AvgIpc) is 2.25. The van der Waals surface area contributed by atoms with Gasteiger partial charge in [-0.1, -0.05) is 49.4 Å². The maximum Gasteiger partial charge on any atom is 0.0717 e. The van der Waals surface area contributed by atoms with Crippen molar-refractivity contribution in [2.24, 2.45) is 0 Å². The van der Waals surface area contributed by atoms with Crippen LogP contribution >= 0.6 is 0 Å². The Hall–Kier alpha value is -1.08. The third-order valence-corrected chi connectivity index (χ3v) is 2.21. The van der Waals surface area contributed by atoms with Crippen LogP contribution in [0.2, 0.25) is 0 Å². The second-order valence-corrected chi connectivity index (χ2v) is 3.39. The zero-order valence-electron chi connectivity index (χ0n) is 8.83. The molecule has 0 spiro atoms. The third kappa shape index (κ3) is 4.24. The van der Waals surface area contributed by atoms with Crippen molar-refractivity contribution in [3.05, 3.63) is 48.0 Å². The van der Waals surface area contributed by atoms with Crippen molar-refractivity contribution in [3.8, 4) is 0 Å². The summed E-state index contributed by atoms with van der Waals surface area (Å²) in [5, 5.41) is 0. The SMILES string of the molecule is C=C(CC)CCOCc1ccccc1. The van der Waals surface area contributed by atoms with Gasteiger partial charge in [0.05, 0.1) is 13.2 Å². The second-order valence-electron chi connectivity index (χ2n) is 3.39. The summed E-state index contributed by atoms with van der Waals surface area (Å²) in [7, 11) is 0. The number of hydrogen-bond donors (Lipinski definition) is 0. The average molecular weight is 190 g/mol. The summed E-state index contributed by atoms with van der Waals surface area (Å²) < 4.78 is 5.53. The van der Waals surface area contributed by atoms with Gasteiger partial charge in [-0.25, -0.2) is 0 Å². The standard InChI is InChI=1S/C13H18O/c1-3-12(2)9-10-14-11-13-7-5-4-6-8-13/h4-8H,2-3,9-11H2,1H3. The van der Waals surface area contributed by atoms with E-state index in [0.717, 1.165) is 19.4 Å². The Bertz CT molecular complexity index is 264. The van der Waals surface area contributed by atoms with Gasteiger partial charge in [-0.2, -0.15) is 0 Å². The fourth-order valence-electron chi connectivity index (χ4n) is 1.16. The summed E-state index contributed by atoms with van der Waals surface area (Å²) in [6.45, 7) is 7.55. The molecule has 0 heterocycles. The predicted molar refractivity (Wildman–Crippen MR) is 60.1 cm³/mol. The molecule has 0 fully saturated rings. The predicted octanol–water partition coefficient (Wildman–Crippen LogP) is 3.56. The van der Waals surface area contributed by atoms with Gasteiger partial charge < -0.3 is 4.74 Å². The fourth-order valence-corrected chi connectivity index (χ4v) is 1.16. The minimum atomic E-state index is 0.706. The minimum Gasteiger partial charge on any atom is -0.376 e. The van der Waals surface area contributed by atoms with Gasteiger partial charge in [0, 0.05) is 0 Å². The van der Waals surface area contributed by atoms with Crippen molar-refractivity contribution in [1.82, 2.24) is 0 Å². The number of benzene rings is 1. The van der Waals surface area contributed by atoms with Crippen LogP contribution in [0.15, 0.2) is 42.5 Å². The third-order valence-electron chi connectivity index (χ3n) is 2.21. The van der Waals surface area contributed by atoms with Crippen molar-refractivity contribution in [3.63, 3.8) is 0 Å². The topological polar surface area (TPSA) is 9.23 Å². The van der Waals surface area contributed by atoms with Crippen LogP contribution in [0.25, 0.3) is 0 Å². The van der Waals surface area contributed by atoms with E-state index in [-0.39, 0.29) is 0 Å². The van der Waals surface area contributed by atoms with Crippen LogP contribution in [0.4, 0.5) is 0 Å². The number of ether oxygens (including phenoxy) is 1. The lowest BCUT2D eigenvalue weighted by Crippen LogP contribution is -1.96. The van der Waals surface area contributed by atoms with E-state index in [0.29, 0.717) is 6.61 Å². The van der Waals surface area contributed by atoms with Crippen LogP contribution in [0, 0.1) is 0 Å². The summed E-state index contributed by atoms with van der Waals surface area (Å²) in [6, 6.07) is 10.2. The second kappa shape index (κ2) is 6.39. The largest absolute Gasteiger partial charge is 0.376 e. The first-order chi connectivity index (χ1) is 6.83. The van der Waals surface area contributed by atoms with E-state index >= 15 is 0 Å². The highest BCUT2D eigenvalue weighted by molar-refractivity contribution is 5.13. The van der Waals surface area contributed by atoms with E-state index in [9.17, 15) is 0 Å². The highest BCUT2D eigenvalue weighted by Crippen LogP contribution is 2.05. The van der Waals surface area contributed by atoms with Crippen molar-refractivity contribution in [2.45, 2.75) is 26.4 Å². The summed E-state index contributed by atoms with van der Waals surface area (Å²) in [5.74, 6) is 0. The Kier molecular flexibility index (Phi) is 5.02. The van der Waals surface area contributed by atoms with Gasteiger partial charge in [0.15, 0.2) is 0 Å². The maximum absolute atomic E-state index is 5.53. The highest BCUT2D eigenvalue weighted by atomic mass is 16.5. The van der Waals surface area contributed by atoms with Gasteiger partial charge in [0.1, 0.15) is 0 Å². The van der Waals surface area contributed by atoms with Crippen molar-refractivity contribution in [1.29, 1.82) is 0 Å². The van der Waals surface area contributed by atoms with Crippen LogP contribution < -0.4 is 0 Å². The molecule has 0 radical (unpaired) electrons. The van der Waals surface area contributed by atoms with Crippen LogP contribution in [-0.4, -0.2) is 6.61 Å². The van der Waals surface area contributed by atoms with E-state index in [2.05, 4.69) is 25.6 Å². The molecule has 14 heavy (non-hydrogen) atoms. The molecule has 0 bridgehead atoms. The van der Waals surface area contributed by atoms with Crippen LogP contribution in [0.1, 0.15) is 25.3 Å². The van der Waals surface area contributed by atoms with E-state index in [1.165, 1.54) is 11.1 Å². The quantitative estimate of drug-likeness (QED) is 0.492. The lowest BCUT2D eigenvalue weighted by atomic mass is 10.2. The molecule has 1 aromatic carbocycles. The highest BCUT2D eigenvalue weighted by Gasteiger charge is 1.93. The minimum absolute atomic E-state index is 0.706. The molecule has 0 unspecified atom stereocenters. The molecule has 1 nitrogen and oxygen atoms in total. The first-order valence-corrected chi connectivity index (χ1v) is 5.11. The van der Waals surface area contributed by atoms with Gasteiger partial charge in [0.25, 0.3) is 0 Å². The monoisotopic (exact) mass is 190 g/mol. The van der Waals surface area contributed by atoms with Crippen molar-refractivity contribution < 1.29 is 4.74 Å². The summed E-state index contributed by atoms with van der Waals surface area (Å²) >= 11 is 0. The molecular formula is C13H18O. The van der Waals surface area contributed by atoms with Crippen LogP contribution in [0.5, 0.6) is 0 Å². The Morgan fingerprint density at radius 3 is 2.64 bits per heavy atom. The molecule has 0 saturated carbocycles. The molecule has 1 aromatic rings. The van der Waals surface area contributed by atoms with Crippen molar-refractivity contribution >= 4 is 0 Å². The first-order valence-electron chi connectivity index (χ1n) is 5.11. The zero-order chi connectivity index (χ0) is 10.2. The Labute approximate surface area is 86.4 Å². The molecule has 0 atom stereocenters. The lowest BCUT2D eigenvalue weighted by molar-refractivity contribution is 0.123. The maximum atomic E-state index is 5.53. The molecule has 0 amide bonds. The van der Waals surface area contributed by atoms with E-state index < -0.39 is 0 Å². The molecule has 1 heteroatoms. The lowest BCUT2D eigenvalue weighted by Gasteiger charge is -2.04. The Morgan fingerprint density at radius 1 is 1.29 bits per heavy atom. The van der Waals surface area contributed by atoms with E-state index in [1.807, 2.05) is 18.2 Å². The van der Waals surface area contributed by atoms with Crippen molar-refractivity contribution in [2.75, 3.05) is 6.61 Å². The van der Waals surface area contributed by atoms with E-state index in [4.69, 9.17) is 4.74 Å². The van der Waals surface area contributed by atoms with Gasteiger partial charge in [-0.3, -0.25) is 0 Å². The Morgan fingerprint density at radius 2 is 2.00 bits per heavy atom. The first kappa shape index (κ1) is 11.0. The van der Waals surface area contributed by atoms with Gasteiger partial charge in [-0.05, 0) is 18.4 Å². The molecule has 76 valence electrons. The van der Waals surface area contributed by atoms with Crippen LogP contribution in [0.3, 0.4) is 0 Å². The van der Waals surface area contributed by atoms with E-state index in [1.54, 1.807) is 0 Å². The molecule has 0 aromatic heterocycles. The Balaban J connectivity index is 2.13. The fraction of sp³-hybridized carbons (Fsp3) is 0.385. The smallest absolute Gasteiger partial charge is 0.0717 e. The molecule has 0 aliphatic heterocycles. The summed E-state index contributed by atoms with van der Waals surface area (Å²) in [6.07, 6.45) is 2.03. The van der Waals surface area contributed by atoms with Crippen LogP contribution in [-0.2, 0) is 11.3 Å². The van der Waals surface area contributed by atoms with Gasteiger partial charge in [-0.15, -0.1) is 0 Å². The van der Waals surface area contributed by atoms with Gasteiger partial charge >= 0.3 is 0 Å². The molecular weight excluding hydrogens is 172 g/mol. The molecule has 1 rings (SSSR count). The molecule has 0 aliphatic rings. The molecule has 0 N–H and O–H groups in total. The summed E-state index contributed by atoms with van der Waals surface area (Å²) in [5.41, 5.74) is 2.49. The molecule has 0 saturated heterocycles. The van der Waals surface area contributed by atoms with Gasteiger partial charge in [0.2, 0.25) is 0 Å².